The van der Waals surface area contributed by atoms with E-state index in [-0.39, 0.29) is 81.2 Å². The van der Waals surface area contributed by atoms with Crippen LogP contribution in [0.3, 0.4) is 0 Å². The molecule has 0 saturated carbocycles. The van der Waals surface area contributed by atoms with Gasteiger partial charge >= 0.3 is 37.4 Å². The second-order valence-electron chi connectivity index (χ2n) is 5.40. The standard InChI is InChI=1S/C18H11N3O6.3CH3.Ru/c22-16(23)9-1-3-19-12(5-9)14-7-11(18(26)27)8-15(21-14)13-6-10(17(24)25)2-4-20-13;;;;/h1-8H,(H,22,23)(H,24,25)(H,26,27);3*1H3;/q;3*-1;+3. The fraction of sp³-hybridized carbons (Fsp3) is 0. The predicted octanol–water partition coefficient (Wildman–Crippen LogP) is 3.65. The first-order valence-electron chi connectivity index (χ1n) is 7.50. The second kappa shape index (κ2) is 12.2. The van der Waals surface area contributed by atoms with Crippen molar-refractivity contribution in [2.75, 3.05) is 0 Å². The molecule has 3 N–H and O–H groups in total. The predicted molar refractivity (Wildman–Crippen MR) is 111 cm³/mol. The summed E-state index contributed by atoms with van der Waals surface area (Å²) in [5, 5.41) is 27.6. The number of rotatable bonds is 5. The molecule has 0 aromatic carbocycles. The van der Waals surface area contributed by atoms with Crippen molar-refractivity contribution in [3.63, 3.8) is 0 Å². The zero-order valence-electron chi connectivity index (χ0n) is 16.9. The number of aromatic carboxylic acids is 3. The maximum atomic E-state index is 11.5. The van der Waals surface area contributed by atoms with Crippen molar-refractivity contribution in [2.24, 2.45) is 0 Å². The van der Waals surface area contributed by atoms with Crippen LogP contribution in [0.15, 0.2) is 48.8 Å². The van der Waals surface area contributed by atoms with Gasteiger partial charge < -0.3 is 37.6 Å². The van der Waals surface area contributed by atoms with Crippen LogP contribution in [0.4, 0.5) is 0 Å². The first-order chi connectivity index (χ1) is 12.8. The van der Waals surface area contributed by atoms with Crippen LogP contribution in [-0.4, -0.2) is 48.2 Å². The first kappa shape index (κ1) is 29.7. The molecule has 3 heterocycles. The molecule has 1 radical (unpaired) electrons. The van der Waals surface area contributed by atoms with Gasteiger partial charge in [-0.25, -0.2) is 19.4 Å². The van der Waals surface area contributed by atoms with E-state index < -0.39 is 17.9 Å². The van der Waals surface area contributed by atoms with E-state index >= 15 is 0 Å². The fourth-order valence-corrected chi connectivity index (χ4v) is 2.32. The maximum Gasteiger partial charge on any atom is 3.00 e. The van der Waals surface area contributed by atoms with Crippen molar-refractivity contribution in [3.8, 4) is 22.8 Å². The topological polar surface area (TPSA) is 151 Å². The molecule has 9 nitrogen and oxygen atoms in total. The van der Waals surface area contributed by atoms with E-state index in [1.807, 2.05) is 0 Å². The smallest absolute Gasteiger partial charge is 0.478 e. The largest absolute Gasteiger partial charge is 3.00 e. The van der Waals surface area contributed by atoms with Gasteiger partial charge in [-0.05, 0) is 36.4 Å². The van der Waals surface area contributed by atoms with Gasteiger partial charge in [0.15, 0.2) is 0 Å². The molecular formula is C21H20N3O6Ru. The van der Waals surface area contributed by atoms with Crippen LogP contribution in [0.5, 0.6) is 0 Å². The van der Waals surface area contributed by atoms with Gasteiger partial charge in [-0.1, -0.05) is 0 Å². The van der Waals surface area contributed by atoms with Gasteiger partial charge in [0.05, 0.1) is 39.5 Å². The van der Waals surface area contributed by atoms with Crippen LogP contribution in [-0.2, 0) is 19.5 Å². The number of carboxylic acid groups (broad SMARTS) is 3. The quantitative estimate of drug-likeness (QED) is 0.344. The number of carbonyl (C=O) groups is 3. The SMILES string of the molecule is O=C(O)c1ccnc(-c2cc(C(=O)O)cc(-c3cc(C(=O)O)ccn3)n2)c1.[CH3-].[CH3-].[CH3-].[Ru+3]. The van der Waals surface area contributed by atoms with Crippen molar-refractivity contribution >= 4 is 17.9 Å². The van der Waals surface area contributed by atoms with Gasteiger partial charge in [0.25, 0.3) is 0 Å². The fourth-order valence-electron chi connectivity index (χ4n) is 2.32. The van der Waals surface area contributed by atoms with Crippen LogP contribution in [0.1, 0.15) is 31.1 Å². The summed E-state index contributed by atoms with van der Waals surface area (Å²) in [6.07, 6.45) is 2.55. The molecule has 0 aliphatic carbocycles. The van der Waals surface area contributed by atoms with Gasteiger partial charge in [-0.3, -0.25) is 9.97 Å². The third-order valence-electron chi connectivity index (χ3n) is 3.61. The number of hydrogen-bond acceptors (Lipinski definition) is 6. The molecule has 0 fully saturated rings. The van der Waals surface area contributed by atoms with E-state index in [4.69, 9.17) is 10.2 Å². The van der Waals surface area contributed by atoms with E-state index in [0.29, 0.717) is 0 Å². The average Bonchev–Trinajstić information content (AvgIpc) is 2.67. The molecule has 10 heteroatoms. The van der Waals surface area contributed by atoms with Crippen LogP contribution >= 0.6 is 0 Å². The van der Waals surface area contributed by atoms with Crippen LogP contribution < -0.4 is 0 Å². The molecule has 0 bridgehead atoms. The minimum atomic E-state index is -1.23. The monoisotopic (exact) mass is 512 g/mol. The maximum absolute atomic E-state index is 11.5. The molecule has 3 aromatic rings. The van der Waals surface area contributed by atoms with Crippen molar-refractivity contribution in [1.82, 2.24) is 15.0 Å². The zero-order chi connectivity index (χ0) is 19.6. The number of pyridine rings is 3. The molecule has 3 aromatic heterocycles. The summed E-state index contributed by atoms with van der Waals surface area (Å²) in [7, 11) is 0. The molecule has 0 aliphatic heterocycles. The van der Waals surface area contributed by atoms with E-state index in [0.717, 1.165) is 0 Å². The first-order valence-corrected chi connectivity index (χ1v) is 7.50. The number of hydrogen-bond donors (Lipinski definition) is 3. The van der Waals surface area contributed by atoms with E-state index in [2.05, 4.69) is 15.0 Å². The minimum Gasteiger partial charge on any atom is -0.478 e. The molecule has 0 unspecified atom stereocenters. The van der Waals surface area contributed by atoms with Gasteiger partial charge in [-0.15, -0.1) is 0 Å². The Bertz CT molecular complexity index is 1010. The average molecular weight is 511 g/mol. The van der Waals surface area contributed by atoms with Crippen LogP contribution in [0.25, 0.3) is 22.8 Å². The van der Waals surface area contributed by atoms with Gasteiger partial charge in [0.2, 0.25) is 0 Å². The Morgan fingerprint density at radius 2 is 0.903 bits per heavy atom. The van der Waals surface area contributed by atoms with Crippen LogP contribution in [0, 0.1) is 22.3 Å². The molecule has 0 aliphatic rings. The summed E-state index contributed by atoms with van der Waals surface area (Å²) >= 11 is 0. The minimum absolute atomic E-state index is 0. The summed E-state index contributed by atoms with van der Waals surface area (Å²) in [5.41, 5.74) is 0.374. The number of carboxylic acids is 3. The van der Waals surface area contributed by atoms with Crippen LogP contribution in [0.2, 0.25) is 0 Å². The summed E-state index contributed by atoms with van der Waals surface area (Å²) in [6.45, 7) is 0. The number of aromatic nitrogens is 3. The summed E-state index contributed by atoms with van der Waals surface area (Å²) in [4.78, 5) is 46.1. The van der Waals surface area contributed by atoms with Crippen molar-refractivity contribution in [2.45, 2.75) is 0 Å². The Morgan fingerprint density at radius 1 is 0.581 bits per heavy atom. The van der Waals surface area contributed by atoms with E-state index in [9.17, 15) is 19.5 Å². The Labute approximate surface area is 192 Å². The summed E-state index contributed by atoms with van der Waals surface area (Å²) < 4.78 is 0. The number of nitrogens with zero attached hydrogens (tertiary/aromatic N) is 3. The van der Waals surface area contributed by atoms with Gasteiger partial charge in [-0.2, -0.15) is 0 Å². The van der Waals surface area contributed by atoms with Crippen molar-refractivity contribution < 1.29 is 49.2 Å². The molecule has 0 amide bonds. The Hall–Kier alpha value is -3.52. The third kappa shape index (κ3) is 6.75. The van der Waals surface area contributed by atoms with Gasteiger partial charge in [0, 0.05) is 12.4 Å². The van der Waals surface area contributed by atoms with Gasteiger partial charge in [0.1, 0.15) is 0 Å². The summed E-state index contributed by atoms with van der Waals surface area (Å²) in [5.74, 6) is -3.56. The molecule has 0 spiro atoms. The molecular weight excluding hydrogens is 491 g/mol. The summed E-state index contributed by atoms with van der Waals surface area (Å²) in [6, 6.07) is 7.63. The van der Waals surface area contributed by atoms with Crippen molar-refractivity contribution in [1.29, 1.82) is 0 Å². The Balaban J connectivity index is 0. The third-order valence-corrected chi connectivity index (χ3v) is 3.61. The molecule has 31 heavy (non-hydrogen) atoms. The molecule has 0 atom stereocenters. The Kier molecular flexibility index (Phi) is 11.7. The van der Waals surface area contributed by atoms with E-state index in [1.54, 1.807) is 0 Å². The van der Waals surface area contributed by atoms with Crippen molar-refractivity contribution in [3.05, 3.63) is 87.8 Å². The molecule has 0 saturated heterocycles. The normalized spacial score (nSPS) is 9.03. The zero-order valence-corrected chi connectivity index (χ0v) is 18.6. The second-order valence-corrected chi connectivity index (χ2v) is 5.40. The Morgan fingerprint density at radius 3 is 1.23 bits per heavy atom. The van der Waals surface area contributed by atoms with E-state index in [1.165, 1.54) is 48.8 Å². The molecule has 3 rings (SSSR count). The molecule has 163 valence electrons.